The number of sulfonamides is 1. The number of hydrogen-bond donors (Lipinski definition) is 1. The number of carbonyl (C=O) groups excluding carboxylic acids is 1. The number of nitrogens with zero attached hydrogens (tertiary/aromatic N) is 1. The standard InChI is InChI=1S/C14H15FN2O5S2/c1-9-17-10(8-23-9)6-16-24(19,20)11-3-4-13(12(15)5-11)22-7-14(18)21-2/h3-5,8,16H,6-7H2,1-2H3. The van der Waals surface area contributed by atoms with Crippen molar-refractivity contribution in [2.24, 2.45) is 0 Å². The van der Waals surface area contributed by atoms with Gasteiger partial charge in [-0.1, -0.05) is 0 Å². The van der Waals surface area contributed by atoms with E-state index in [0.29, 0.717) is 5.69 Å². The molecule has 0 amide bonds. The highest BCUT2D eigenvalue weighted by Gasteiger charge is 2.17. The van der Waals surface area contributed by atoms with E-state index in [1.165, 1.54) is 24.5 Å². The first kappa shape index (κ1) is 18.3. The molecule has 1 heterocycles. The highest BCUT2D eigenvalue weighted by atomic mass is 32.2. The summed E-state index contributed by atoms with van der Waals surface area (Å²) in [5.74, 6) is -1.81. The van der Waals surface area contributed by atoms with Gasteiger partial charge in [0.05, 0.1) is 29.3 Å². The van der Waals surface area contributed by atoms with Gasteiger partial charge in [-0.05, 0) is 25.1 Å². The monoisotopic (exact) mass is 374 g/mol. The van der Waals surface area contributed by atoms with E-state index in [9.17, 15) is 17.6 Å². The van der Waals surface area contributed by atoms with Crippen molar-refractivity contribution in [2.45, 2.75) is 18.4 Å². The van der Waals surface area contributed by atoms with E-state index in [0.717, 1.165) is 17.1 Å². The molecule has 0 saturated carbocycles. The average molecular weight is 374 g/mol. The van der Waals surface area contributed by atoms with E-state index in [1.54, 1.807) is 5.38 Å². The molecule has 2 aromatic rings. The van der Waals surface area contributed by atoms with Crippen LogP contribution in [-0.2, 0) is 26.1 Å². The second-order valence-electron chi connectivity index (χ2n) is 4.64. The maximum atomic E-state index is 13.9. The largest absolute Gasteiger partial charge is 0.479 e. The molecule has 24 heavy (non-hydrogen) atoms. The minimum Gasteiger partial charge on any atom is -0.479 e. The number of aryl methyl sites for hydroxylation is 1. The van der Waals surface area contributed by atoms with Crippen molar-refractivity contribution in [3.8, 4) is 5.75 Å². The third-order valence-electron chi connectivity index (χ3n) is 2.90. The number of ether oxygens (including phenoxy) is 2. The van der Waals surface area contributed by atoms with Gasteiger partial charge in [-0.2, -0.15) is 0 Å². The lowest BCUT2D eigenvalue weighted by atomic mass is 10.3. The van der Waals surface area contributed by atoms with Gasteiger partial charge in [0.1, 0.15) is 0 Å². The van der Waals surface area contributed by atoms with Crippen molar-refractivity contribution in [1.29, 1.82) is 0 Å². The van der Waals surface area contributed by atoms with E-state index in [1.807, 2.05) is 6.92 Å². The fourth-order valence-electron chi connectivity index (χ4n) is 1.70. The first-order chi connectivity index (χ1) is 11.3. The lowest BCUT2D eigenvalue weighted by Crippen LogP contribution is -2.23. The fraction of sp³-hybridized carbons (Fsp3) is 0.286. The number of benzene rings is 1. The molecule has 0 atom stereocenters. The third-order valence-corrected chi connectivity index (χ3v) is 5.12. The van der Waals surface area contributed by atoms with Crippen LogP contribution >= 0.6 is 11.3 Å². The van der Waals surface area contributed by atoms with Gasteiger partial charge in [0.25, 0.3) is 0 Å². The highest BCUT2D eigenvalue weighted by Crippen LogP contribution is 2.21. The Bertz CT molecular complexity index is 835. The molecule has 2 rings (SSSR count). The van der Waals surface area contributed by atoms with Crippen molar-refractivity contribution < 1.29 is 27.1 Å². The van der Waals surface area contributed by atoms with Crippen molar-refractivity contribution in [2.75, 3.05) is 13.7 Å². The van der Waals surface area contributed by atoms with E-state index >= 15 is 0 Å². The van der Waals surface area contributed by atoms with E-state index in [2.05, 4.69) is 14.4 Å². The maximum Gasteiger partial charge on any atom is 0.343 e. The van der Waals surface area contributed by atoms with Gasteiger partial charge in [0, 0.05) is 5.38 Å². The lowest BCUT2D eigenvalue weighted by Gasteiger charge is -2.09. The number of carbonyl (C=O) groups is 1. The van der Waals surface area contributed by atoms with Crippen LogP contribution in [0.1, 0.15) is 10.7 Å². The zero-order valence-corrected chi connectivity index (χ0v) is 14.5. The summed E-state index contributed by atoms with van der Waals surface area (Å²) in [4.78, 5) is 14.9. The van der Waals surface area contributed by atoms with Crippen LogP contribution in [0.15, 0.2) is 28.5 Å². The van der Waals surface area contributed by atoms with E-state index in [-0.39, 0.29) is 17.2 Å². The number of nitrogens with one attached hydrogen (secondary N) is 1. The first-order valence-corrected chi connectivity index (χ1v) is 9.08. The van der Waals surface area contributed by atoms with Gasteiger partial charge >= 0.3 is 5.97 Å². The molecule has 0 bridgehead atoms. The molecule has 7 nitrogen and oxygen atoms in total. The van der Waals surface area contributed by atoms with Crippen LogP contribution in [0.2, 0.25) is 0 Å². The summed E-state index contributed by atoms with van der Waals surface area (Å²) in [5, 5.41) is 2.56. The van der Waals surface area contributed by atoms with Gasteiger partial charge in [0.15, 0.2) is 18.2 Å². The maximum absolute atomic E-state index is 13.9. The number of methoxy groups -OCH3 is 1. The molecule has 0 fully saturated rings. The zero-order chi connectivity index (χ0) is 17.7. The van der Waals surface area contributed by atoms with Crippen LogP contribution in [0.25, 0.3) is 0 Å². The minimum atomic E-state index is -3.90. The van der Waals surface area contributed by atoms with Crippen LogP contribution in [-0.4, -0.2) is 33.1 Å². The Morgan fingerprint density at radius 3 is 2.75 bits per heavy atom. The number of rotatable bonds is 7. The molecule has 0 spiro atoms. The number of aromatic nitrogens is 1. The predicted molar refractivity (Wildman–Crippen MR) is 84.8 cm³/mol. The Morgan fingerprint density at radius 2 is 2.17 bits per heavy atom. The Morgan fingerprint density at radius 1 is 1.42 bits per heavy atom. The Kier molecular flexibility index (Phi) is 5.86. The summed E-state index contributed by atoms with van der Waals surface area (Å²) in [7, 11) is -2.72. The molecule has 130 valence electrons. The molecule has 0 radical (unpaired) electrons. The molecule has 1 aromatic heterocycles. The molecule has 10 heteroatoms. The molecular weight excluding hydrogens is 359 g/mol. The van der Waals surface area contributed by atoms with Gasteiger partial charge in [-0.15, -0.1) is 11.3 Å². The Hall–Kier alpha value is -2.04. The van der Waals surface area contributed by atoms with E-state index < -0.39 is 28.4 Å². The highest BCUT2D eigenvalue weighted by molar-refractivity contribution is 7.89. The second kappa shape index (κ2) is 7.69. The molecule has 1 aromatic carbocycles. The SMILES string of the molecule is COC(=O)COc1ccc(S(=O)(=O)NCc2csc(C)n2)cc1F. The normalized spacial score (nSPS) is 11.3. The fourth-order valence-corrected chi connectivity index (χ4v) is 3.33. The van der Waals surface area contributed by atoms with Crippen LogP contribution in [0, 0.1) is 12.7 Å². The number of thiazole rings is 1. The van der Waals surface area contributed by atoms with Crippen molar-refractivity contribution in [3.63, 3.8) is 0 Å². The lowest BCUT2D eigenvalue weighted by molar-refractivity contribution is -0.142. The molecule has 0 aliphatic carbocycles. The van der Waals surface area contributed by atoms with Gasteiger partial charge in [-0.25, -0.2) is 27.3 Å². The second-order valence-corrected chi connectivity index (χ2v) is 7.47. The third kappa shape index (κ3) is 4.73. The smallest absolute Gasteiger partial charge is 0.343 e. The molecule has 0 saturated heterocycles. The number of halogens is 1. The number of esters is 1. The van der Waals surface area contributed by atoms with Crippen molar-refractivity contribution in [1.82, 2.24) is 9.71 Å². The van der Waals surface area contributed by atoms with Crippen LogP contribution < -0.4 is 9.46 Å². The van der Waals surface area contributed by atoms with Crippen LogP contribution in [0.5, 0.6) is 5.75 Å². The zero-order valence-electron chi connectivity index (χ0n) is 12.9. The van der Waals surface area contributed by atoms with Crippen molar-refractivity contribution >= 4 is 27.3 Å². The van der Waals surface area contributed by atoms with Crippen LogP contribution in [0.3, 0.4) is 0 Å². The molecular formula is C14H15FN2O5S2. The summed E-state index contributed by atoms with van der Waals surface area (Å²) in [6.45, 7) is 1.35. The number of hydrogen-bond acceptors (Lipinski definition) is 7. The topological polar surface area (TPSA) is 94.6 Å². The molecule has 0 aliphatic rings. The Balaban J connectivity index is 2.07. The van der Waals surface area contributed by atoms with Crippen molar-refractivity contribution in [3.05, 3.63) is 40.1 Å². The summed E-state index contributed by atoms with van der Waals surface area (Å²) in [6, 6.07) is 3.14. The van der Waals surface area contributed by atoms with Gasteiger partial charge in [-0.3, -0.25) is 0 Å². The molecule has 1 N–H and O–H groups in total. The summed E-state index contributed by atoms with van der Waals surface area (Å²) < 4.78 is 49.9. The Labute approximate surface area is 142 Å². The summed E-state index contributed by atoms with van der Waals surface area (Å²) in [6.07, 6.45) is 0. The summed E-state index contributed by atoms with van der Waals surface area (Å²) in [5.41, 5.74) is 0.583. The van der Waals surface area contributed by atoms with Gasteiger partial charge in [0.2, 0.25) is 10.0 Å². The predicted octanol–water partition coefficient (Wildman–Crippen LogP) is 1.62. The summed E-state index contributed by atoms with van der Waals surface area (Å²) >= 11 is 1.40. The van der Waals surface area contributed by atoms with Crippen LogP contribution in [0.4, 0.5) is 4.39 Å². The minimum absolute atomic E-state index is 0.00881. The molecule has 0 unspecified atom stereocenters. The average Bonchev–Trinajstić information content (AvgIpc) is 2.97. The quantitative estimate of drug-likeness (QED) is 0.740. The van der Waals surface area contributed by atoms with Gasteiger partial charge < -0.3 is 9.47 Å². The molecule has 0 aliphatic heterocycles. The first-order valence-electron chi connectivity index (χ1n) is 6.71. The van der Waals surface area contributed by atoms with E-state index in [4.69, 9.17) is 4.74 Å².